The van der Waals surface area contributed by atoms with Gasteiger partial charge in [-0.3, -0.25) is 9.69 Å². The Kier molecular flexibility index (Phi) is 6.18. The highest BCUT2D eigenvalue weighted by molar-refractivity contribution is 5.89. The summed E-state index contributed by atoms with van der Waals surface area (Å²) in [4.78, 5) is 17.2. The first kappa shape index (κ1) is 21.2. The second kappa shape index (κ2) is 9.02. The fraction of sp³-hybridized carbons (Fsp3) is 0.400. The number of benzene rings is 2. The predicted octanol–water partition coefficient (Wildman–Crippen LogP) is 3.95. The lowest BCUT2D eigenvalue weighted by Gasteiger charge is -2.34. The lowest BCUT2D eigenvalue weighted by molar-refractivity contribution is -0.132. The summed E-state index contributed by atoms with van der Waals surface area (Å²) in [5.74, 6) is 1.64. The molecule has 1 aliphatic heterocycles. The predicted molar refractivity (Wildman–Crippen MR) is 121 cm³/mol. The van der Waals surface area contributed by atoms with Gasteiger partial charge in [-0.2, -0.15) is 0 Å². The minimum absolute atomic E-state index is 0.159. The van der Waals surface area contributed by atoms with Gasteiger partial charge in [0.1, 0.15) is 5.58 Å². The number of hydrogen-bond acceptors (Lipinski definition) is 5. The quantitative estimate of drug-likeness (QED) is 0.602. The molecule has 2 heterocycles. The van der Waals surface area contributed by atoms with Gasteiger partial charge in [0, 0.05) is 43.7 Å². The van der Waals surface area contributed by atoms with E-state index in [1.54, 1.807) is 20.5 Å². The lowest BCUT2D eigenvalue weighted by Crippen LogP contribution is -2.48. The van der Waals surface area contributed by atoms with Crippen molar-refractivity contribution in [1.82, 2.24) is 9.80 Å². The van der Waals surface area contributed by atoms with Crippen LogP contribution in [0.5, 0.6) is 11.5 Å². The summed E-state index contributed by atoms with van der Waals surface area (Å²) in [5, 5.41) is 1.04. The van der Waals surface area contributed by atoms with Gasteiger partial charge in [-0.1, -0.05) is 18.2 Å². The summed E-state index contributed by atoms with van der Waals surface area (Å²) in [6, 6.07) is 10.2. The number of furan rings is 1. The minimum atomic E-state index is 0.159. The standard InChI is InChI=1S/C25H30N2O4/c1-17-5-7-21-20(16-31-25(21)18(17)2)14-24(28)27-11-9-26(10-12-27)15-19-6-8-22(29-3)23(13-19)30-4/h5-8,13,16H,9-12,14-15H2,1-4H3. The highest BCUT2D eigenvalue weighted by Gasteiger charge is 2.23. The molecule has 0 atom stereocenters. The van der Waals surface area contributed by atoms with Gasteiger partial charge in [-0.15, -0.1) is 0 Å². The van der Waals surface area contributed by atoms with E-state index in [9.17, 15) is 4.79 Å². The van der Waals surface area contributed by atoms with Gasteiger partial charge < -0.3 is 18.8 Å². The van der Waals surface area contributed by atoms with Gasteiger partial charge in [-0.05, 0) is 42.7 Å². The van der Waals surface area contributed by atoms with Crippen LogP contribution in [0.25, 0.3) is 11.0 Å². The summed E-state index contributed by atoms with van der Waals surface area (Å²) in [5.41, 5.74) is 5.37. The van der Waals surface area contributed by atoms with Crippen LogP contribution >= 0.6 is 0 Å². The Labute approximate surface area is 183 Å². The maximum Gasteiger partial charge on any atom is 0.227 e. The van der Waals surface area contributed by atoms with Crippen LogP contribution in [0.2, 0.25) is 0 Å². The SMILES string of the molecule is COc1ccc(CN2CCN(C(=O)Cc3coc4c(C)c(C)ccc34)CC2)cc1OC. The number of methoxy groups -OCH3 is 2. The van der Waals surface area contributed by atoms with E-state index in [4.69, 9.17) is 13.9 Å². The molecular weight excluding hydrogens is 392 g/mol. The van der Waals surface area contributed by atoms with E-state index in [1.807, 2.05) is 17.0 Å². The number of aryl methyl sites for hydroxylation is 2. The fourth-order valence-corrected chi connectivity index (χ4v) is 4.19. The molecule has 31 heavy (non-hydrogen) atoms. The molecule has 1 fully saturated rings. The van der Waals surface area contributed by atoms with Crippen LogP contribution < -0.4 is 9.47 Å². The Morgan fingerprint density at radius 2 is 1.74 bits per heavy atom. The van der Waals surface area contributed by atoms with Gasteiger partial charge >= 0.3 is 0 Å². The van der Waals surface area contributed by atoms with Crippen molar-refractivity contribution in [3.63, 3.8) is 0 Å². The van der Waals surface area contributed by atoms with Crippen LogP contribution in [0.1, 0.15) is 22.3 Å². The van der Waals surface area contributed by atoms with Crippen LogP contribution in [0.4, 0.5) is 0 Å². The highest BCUT2D eigenvalue weighted by atomic mass is 16.5. The Morgan fingerprint density at radius 3 is 2.45 bits per heavy atom. The molecular formula is C25H30N2O4. The highest BCUT2D eigenvalue weighted by Crippen LogP contribution is 2.29. The van der Waals surface area contributed by atoms with Crippen molar-refractivity contribution in [1.29, 1.82) is 0 Å². The number of fused-ring (bicyclic) bond motifs is 1. The Bertz CT molecular complexity index is 1080. The van der Waals surface area contributed by atoms with Crippen molar-refractivity contribution in [2.24, 2.45) is 0 Å². The number of piperazine rings is 1. The summed E-state index contributed by atoms with van der Waals surface area (Å²) in [7, 11) is 3.29. The molecule has 6 heteroatoms. The molecule has 6 nitrogen and oxygen atoms in total. The average molecular weight is 423 g/mol. The molecule has 2 aromatic carbocycles. The summed E-state index contributed by atoms with van der Waals surface area (Å²) in [6.07, 6.45) is 2.12. The molecule has 0 unspecified atom stereocenters. The summed E-state index contributed by atoms with van der Waals surface area (Å²) >= 11 is 0. The number of rotatable bonds is 6. The molecule has 0 bridgehead atoms. The van der Waals surface area contributed by atoms with Crippen molar-refractivity contribution in [3.8, 4) is 11.5 Å². The van der Waals surface area contributed by atoms with Crippen LogP contribution in [-0.2, 0) is 17.8 Å². The molecule has 0 spiro atoms. The molecule has 164 valence electrons. The molecule has 0 radical (unpaired) electrons. The minimum Gasteiger partial charge on any atom is -0.493 e. The van der Waals surface area contributed by atoms with Gasteiger partial charge in [0.25, 0.3) is 0 Å². The van der Waals surface area contributed by atoms with Gasteiger partial charge in [0.2, 0.25) is 5.91 Å². The van der Waals surface area contributed by atoms with Crippen molar-refractivity contribution in [2.75, 3.05) is 40.4 Å². The Morgan fingerprint density at radius 1 is 1.00 bits per heavy atom. The van der Waals surface area contributed by atoms with E-state index in [-0.39, 0.29) is 5.91 Å². The number of hydrogen-bond donors (Lipinski definition) is 0. The summed E-state index contributed by atoms with van der Waals surface area (Å²) in [6.45, 7) is 8.14. The molecule has 1 aliphatic rings. The Balaban J connectivity index is 1.35. The Hall–Kier alpha value is -2.99. The first-order valence-corrected chi connectivity index (χ1v) is 10.7. The number of carbonyl (C=O) groups excluding carboxylic acids is 1. The second-order valence-electron chi connectivity index (χ2n) is 8.17. The van der Waals surface area contributed by atoms with E-state index in [1.165, 1.54) is 11.1 Å². The third-order valence-electron chi connectivity index (χ3n) is 6.26. The van der Waals surface area contributed by atoms with Crippen LogP contribution in [-0.4, -0.2) is 56.1 Å². The first-order chi connectivity index (χ1) is 15.0. The molecule has 0 saturated carbocycles. The average Bonchev–Trinajstić information content (AvgIpc) is 3.19. The molecule has 1 amide bonds. The van der Waals surface area contributed by atoms with Crippen molar-refractivity contribution < 1.29 is 18.7 Å². The van der Waals surface area contributed by atoms with E-state index in [0.717, 1.165) is 66.3 Å². The van der Waals surface area contributed by atoms with Crippen LogP contribution in [0.15, 0.2) is 41.0 Å². The number of nitrogens with zero attached hydrogens (tertiary/aromatic N) is 2. The van der Waals surface area contributed by atoms with E-state index in [2.05, 4.69) is 36.9 Å². The molecule has 0 N–H and O–H groups in total. The van der Waals surface area contributed by atoms with Gasteiger partial charge in [-0.25, -0.2) is 0 Å². The molecule has 3 aromatic rings. The normalized spacial score (nSPS) is 14.8. The number of ether oxygens (including phenoxy) is 2. The topological polar surface area (TPSA) is 55.2 Å². The third-order valence-corrected chi connectivity index (χ3v) is 6.26. The smallest absolute Gasteiger partial charge is 0.227 e. The second-order valence-corrected chi connectivity index (χ2v) is 8.17. The molecule has 1 aromatic heterocycles. The zero-order chi connectivity index (χ0) is 22.0. The maximum atomic E-state index is 12.9. The molecule has 0 aliphatic carbocycles. The van der Waals surface area contributed by atoms with Crippen molar-refractivity contribution >= 4 is 16.9 Å². The zero-order valence-corrected chi connectivity index (χ0v) is 18.7. The fourth-order valence-electron chi connectivity index (χ4n) is 4.19. The van der Waals surface area contributed by atoms with Crippen molar-refractivity contribution in [3.05, 3.63) is 58.8 Å². The molecule has 1 saturated heterocycles. The monoisotopic (exact) mass is 422 g/mol. The third kappa shape index (κ3) is 4.39. The van der Waals surface area contributed by atoms with Crippen LogP contribution in [0, 0.1) is 13.8 Å². The van der Waals surface area contributed by atoms with E-state index in [0.29, 0.717) is 6.42 Å². The van der Waals surface area contributed by atoms with Crippen molar-refractivity contribution in [2.45, 2.75) is 26.8 Å². The van der Waals surface area contributed by atoms with E-state index < -0.39 is 0 Å². The van der Waals surface area contributed by atoms with Gasteiger partial charge in [0.15, 0.2) is 11.5 Å². The lowest BCUT2D eigenvalue weighted by atomic mass is 10.0. The van der Waals surface area contributed by atoms with E-state index >= 15 is 0 Å². The number of carbonyl (C=O) groups is 1. The van der Waals surface area contributed by atoms with Gasteiger partial charge in [0.05, 0.1) is 26.9 Å². The molecule has 4 rings (SSSR count). The summed E-state index contributed by atoms with van der Waals surface area (Å²) < 4.78 is 16.5. The maximum absolute atomic E-state index is 12.9. The first-order valence-electron chi connectivity index (χ1n) is 10.7. The zero-order valence-electron chi connectivity index (χ0n) is 18.7. The van der Waals surface area contributed by atoms with Crippen LogP contribution in [0.3, 0.4) is 0 Å². The largest absolute Gasteiger partial charge is 0.493 e. The number of amides is 1.